The highest BCUT2D eigenvalue weighted by molar-refractivity contribution is 7.80. The van der Waals surface area contributed by atoms with Crippen LogP contribution in [0.1, 0.15) is 33.6 Å². The molecule has 3 unspecified atom stereocenters. The van der Waals surface area contributed by atoms with E-state index in [1.165, 1.54) is 0 Å². The fraction of sp³-hybridized carbons (Fsp3) is 0.846. The van der Waals surface area contributed by atoms with Crippen molar-refractivity contribution in [1.29, 1.82) is 0 Å². The molecular formula is C13H22N2OS. The van der Waals surface area contributed by atoms with Gasteiger partial charge in [0.05, 0.1) is 6.04 Å². The smallest absolute Gasteiger partial charge is 0.169 e. The monoisotopic (exact) mass is 254 g/mol. The van der Waals surface area contributed by atoms with Crippen LogP contribution in [0.4, 0.5) is 0 Å². The second-order valence-corrected chi connectivity index (χ2v) is 6.56. The number of carbonyl (C=O) groups is 1. The van der Waals surface area contributed by atoms with Crippen LogP contribution in [0.2, 0.25) is 0 Å². The predicted octanol–water partition coefficient (Wildman–Crippen LogP) is 1.82. The maximum absolute atomic E-state index is 12.6. The van der Waals surface area contributed by atoms with Gasteiger partial charge in [-0.05, 0) is 36.4 Å². The molecular weight excluding hydrogens is 232 g/mol. The largest absolute Gasteiger partial charge is 0.366 e. The van der Waals surface area contributed by atoms with Gasteiger partial charge in [-0.1, -0.05) is 20.8 Å². The van der Waals surface area contributed by atoms with Gasteiger partial charge < -0.3 is 10.2 Å². The second-order valence-electron chi connectivity index (χ2n) is 6.17. The van der Waals surface area contributed by atoms with Gasteiger partial charge in [-0.2, -0.15) is 0 Å². The van der Waals surface area contributed by atoms with E-state index < -0.39 is 0 Å². The van der Waals surface area contributed by atoms with Crippen molar-refractivity contribution in [2.24, 2.45) is 16.7 Å². The molecule has 0 aliphatic heterocycles. The Bertz CT molecular complexity index is 380. The number of fused-ring (bicyclic) bond motifs is 2. The van der Waals surface area contributed by atoms with Gasteiger partial charge in [0, 0.05) is 19.5 Å². The first-order chi connectivity index (χ1) is 7.77. The molecule has 0 aromatic carbocycles. The van der Waals surface area contributed by atoms with E-state index in [-0.39, 0.29) is 16.9 Å². The Morgan fingerprint density at radius 1 is 1.47 bits per heavy atom. The van der Waals surface area contributed by atoms with Crippen molar-refractivity contribution in [2.75, 3.05) is 14.1 Å². The molecule has 2 aliphatic carbocycles. The zero-order chi connectivity index (χ0) is 13.0. The molecule has 3 atom stereocenters. The van der Waals surface area contributed by atoms with E-state index in [9.17, 15) is 4.79 Å². The summed E-state index contributed by atoms with van der Waals surface area (Å²) in [6.45, 7) is 6.60. The average molecular weight is 254 g/mol. The third-order valence-corrected chi connectivity index (χ3v) is 5.94. The molecule has 0 spiro atoms. The molecule has 2 saturated carbocycles. The van der Waals surface area contributed by atoms with Gasteiger partial charge in [0.2, 0.25) is 0 Å². The molecule has 2 bridgehead atoms. The maximum Gasteiger partial charge on any atom is 0.169 e. The first-order valence-electron chi connectivity index (χ1n) is 6.26. The lowest BCUT2D eigenvalue weighted by Crippen LogP contribution is -2.50. The Balaban J connectivity index is 2.35. The van der Waals surface area contributed by atoms with Crippen LogP contribution in [0.3, 0.4) is 0 Å². The van der Waals surface area contributed by atoms with E-state index in [0.717, 1.165) is 12.8 Å². The molecule has 3 nitrogen and oxygen atoms in total. The van der Waals surface area contributed by atoms with Crippen LogP contribution in [0.5, 0.6) is 0 Å². The summed E-state index contributed by atoms with van der Waals surface area (Å²) < 4.78 is 0. The van der Waals surface area contributed by atoms with Crippen molar-refractivity contribution < 1.29 is 4.79 Å². The topological polar surface area (TPSA) is 32.3 Å². The molecule has 0 heterocycles. The Morgan fingerprint density at radius 2 is 2.06 bits per heavy atom. The van der Waals surface area contributed by atoms with Crippen LogP contribution < -0.4 is 5.32 Å². The molecule has 2 fully saturated rings. The van der Waals surface area contributed by atoms with E-state index >= 15 is 0 Å². The summed E-state index contributed by atoms with van der Waals surface area (Å²) in [5.41, 5.74) is -0.0771. The normalized spacial score (nSPS) is 38.3. The number of nitrogens with one attached hydrogen (secondary N) is 1. The summed E-state index contributed by atoms with van der Waals surface area (Å²) in [5.74, 6) is 0.801. The van der Waals surface area contributed by atoms with Crippen molar-refractivity contribution in [1.82, 2.24) is 10.2 Å². The molecule has 1 N–H and O–H groups in total. The number of carbonyl (C=O) groups excluding carboxylic acids is 1. The van der Waals surface area contributed by atoms with E-state index in [4.69, 9.17) is 12.2 Å². The number of thiocarbonyl (C=S) groups is 1. The van der Waals surface area contributed by atoms with Crippen LogP contribution in [-0.4, -0.2) is 35.9 Å². The lowest BCUT2D eigenvalue weighted by atomic mass is 9.70. The number of Topliss-reactive ketones (excluding diaryl/α,β-unsaturated/α-hetero) is 1. The minimum Gasteiger partial charge on any atom is -0.366 e. The van der Waals surface area contributed by atoms with Crippen molar-refractivity contribution in [3.05, 3.63) is 0 Å². The molecule has 2 aliphatic rings. The van der Waals surface area contributed by atoms with Gasteiger partial charge in [0.1, 0.15) is 0 Å². The molecule has 0 radical (unpaired) electrons. The standard InChI is InChI=1S/C13H22N2OS/c1-12(2)8-6-7-13(12,3)10(16)9(8)15(5)11(17)14-4/h8-9H,6-7H2,1-5H3,(H,14,17). The second kappa shape index (κ2) is 3.67. The summed E-state index contributed by atoms with van der Waals surface area (Å²) in [7, 11) is 3.74. The summed E-state index contributed by atoms with van der Waals surface area (Å²) >= 11 is 5.26. The minimum atomic E-state index is -0.167. The van der Waals surface area contributed by atoms with Crippen LogP contribution in [-0.2, 0) is 4.79 Å². The third-order valence-electron chi connectivity index (χ3n) is 5.45. The lowest BCUT2D eigenvalue weighted by molar-refractivity contribution is -0.131. The molecule has 0 amide bonds. The van der Waals surface area contributed by atoms with E-state index in [1.54, 1.807) is 0 Å². The lowest BCUT2D eigenvalue weighted by Gasteiger charge is -2.33. The average Bonchev–Trinajstić information content (AvgIpc) is 2.59. The van der Waals surface area contributed by atoms with Crippen molar-refractivity contribution in [3.63, 3.8) is 0 Å². The zero-order valence-electron chi connectivity index (χ0n) is 11.3. The summed E-state index contributed by atoms with van der Waals surface area (Å²) in [6.07, 6.45) is 2.16. The minimum absolute atomic E-state index is 0.0382. The van der Waals surface area contributed by atoms with Crippen LogP contribution >= 0.6 is 12.2 Å². The number of nitrogens with zero attached hydrogens (tertiary/aromatic N) is 1. The van der Waals surface area contributed by atoms with Crippen LogP contribution in [0.15, 0.2) is 0 Å². The van der Waals surface area contributed by atoms with Gasteiger partial charge in [0.25, 0.3) is 0 Å². The van der Waals surface area contributed by atoms with Gasteiger partial charge in [-0.15, -0.1) is 0 Å². The van der Waals surface area contributed by atoms with E-state index in [1.807, 2.05) is 19.0 Å². The van der Waals surface area contributed by atoms with Crippen molar-refractivity contribution in [3.8, 4) is 0 Å². The molecule has 17 heavy (non-hydrogen) atoms. The van der Waals surface area contributed by atoms with E-state index in [2.05, 4.69) is 26.1 Å². The Kier molecular flexibility index (Phi) is 2.77. The first-order valence-corrected chi connectivity index (χ1v) is 6.67. The molecule has 0 saturated heterocycles. The molecule has 2 rings (SSSR count). The van der Waals surface area contributed by atoms with Gasteiger partial charge in [0.15, 0.2) is 10.9 Å². The highest BCUT2D eigenvalue weighted by atomic mass is 32.1. The number of hydrogen-bond acceptors (Lipinski definition) is 2. The highest BCUT2D eigenvalue weighted by Crippen LogP contribution is 2.64. The summed E-state index contributed by atoms with van der Waals surface area (Å²) in [5, 5.41) is 3.63. The van der Waals surface area contributed by atoms with Crippen molar-refractivity contribution >= 4 is 23.1 Å². The maximum atomic E-state index is 12.6. The Labute approximate surface area is 109 Å². The number of ketones is 1. The fourth-order valence-corrected chi connectivity index (χ4v) is 3.90. The van der Waals surface area contributed by atoms with Crippen molar-refractivity contribution in [2.45, 2.75) is 39.7 Å². The van der Waals surface area contributed by atoms with Crippen LogP contribution in [0.25, 0.3) is 0 Å². The Hall–Kier alpha value is -0.640. The number of likely N-dealkylation sites (N-methyl/N-ethyl adjacent to an activating group) is 1. The fourth-order valence-electron chi connectivity index (χ4n) is 3.79. The Morgan fingerprint density at radius 3 is 2.47 bits per heavy atom. The molecule has 0 aromatic heterocycles. The zero-order valence-corrected chi connectivity index (χ0v) is 12.1. The van der Waals surface area contributed by atoms with Gasteiger partial charge in [-0.3, -0.25) is 4.79 Å². The van der Waals surface area contributed by atoms with E-state index in [0.29, 0.717) is 16.8 Å². The molecule has 96 valence electrons. The summed E-state index contributed by atoms with van der Waals surface area (Å²) in [4.78, 5) is 14.6. The molecule has 0 aromatic rings. The quantitative estimate of drug-likeness (QED) is 0.724. The van der Waals surface area contributed by atoms with Gasteiger partial charge in [-0.25, -0.2) is 0 Å². The summed E-state index contributed by atoms with van der Waals surface area (Å²) in [6, 6.07) is -0.0382. The van der Waals surface area contributed by atoms with Crippen LogP contribution in [0, 0.1) is 16.7 Å². The number of rotatable bonds is 1. The molecule has 4 heteroatoms. The predicted molar refractivity (Wildman–Crippen MR) is 72.8 cm³/mol. The first kappa shape index (κ1) is 12.8. The SMILES string of the molecule is CNC(=S)N(C)C1C(=O)C2(C)CCC1C2(C)C. The van der Waals surface area contributed by atoms with Gasteiger partial charge >= 0.3 is 0 Å². The number of hydrogen-bond donors (Lipinski definition) is 1. The highest BCUT2D eigenvalue weighted by Gasteiger charge is 2.67. The third kappa shape index (κ3) is 1.39.